The molecule has 0 radical (unpaired) electrons. The number of hydrogen-bond donors (Lipinski definition) is 0. The van der Waals surface area contributed by atoms with Crippen LogP contribution in [-0.2, 0) is 0 Å². The highest BCUT2D eigenvalue weighted by molar-refractivity contribution is 7.20. The Balaban J connectivity index is 0.978. The largest absolute Gasteiger partial charge is 0.309 e. The molecule has 0 aliphatic heterocycles. The maximum atomic E-state index is 2.52. The molecule has 328 valence electrons. The van der Waals surface area contributed by atoms with Crippen molar-refractivity contribution in [1.29, 1.82) is 0 Å². The molecule has 0 N–H and O–H groups in total. The van der Waals surface area contributed by atoms with E-state index in [0.717, 1.165) is 17.1 Å². The third kappa shape index (κ3) is 5.94. The van der Waals surface area contributed by atoms with Gasteiger partial charge in [-0.15, -0.1) is 0 Å². The lowest BCUT2D eigenvalue weighted by Gasteiger charge is -2.34. The molecule has 0 saturated heterocycles. The Morgan fingerprint density at radius 2 is 0.543 bits per heavy atom. The summed E-state index contributed by atoms with van der Waals surface area (Å²) in [4.78, 5) is 0. The lowest BCUT2D eigenvalue weighted by molar-refractivity contribution is 1.15. The molecule has 0 amide bonds. The summed E-state index contributed by atoms with van der Waals surface area (Å²) in [5.41, 5.74) is 12.9. The molecule has 14 aromatic rings. The first-order valence-corrected chi connectivity index (χ1v) is 26.2. The van der Waals surface area contributed by atoms with E-state index in [1.807, 2.05) is 0 Å². The monoisotopic (exact) mass is 907 g/mol. The predicted octanol–water partition coefficient (Wildman–Crippen LogP) is 14.0. The Labute approximate surface area is 407 Å². The summed E-state index contributed by atoms with van der Waals surface area (Å²) < 4.78 is 7.40. The number of benzene rings is 11. The quantitative estimate of drug-likeness (QED) is 0.107. The van der Waals surface area contributed by atoms with E-state index < -0.39 is 8.07 Å². The van der Waals surface area contributed by atoms with Crippen molar-refractivity contribution in [3.63, 3.8) is 0 Å². The van der Waals surface area contributed by atoms with E-state index in [0.29, 0.717) is 0 Å². The third-order valence-corrected chi connectivity index (χ3v) is 19.6. The fourth-order valence-electron chi connectivity index (χ4n) is 11.9. The van der Waals surface area contributed by atoms with Crippen LogP contribution in [-0.4, -0.2) is 21.8 Å². The summed E-state index contributed by atoms with van der Waals surface area (Å²) in [6.07, 6.45) is 0. The maximum Gasteiger partial charge on any atom is 0.179 e. The number of hydrogen-bond acceptors (Lipinski definition) is 0. The van der Waals surface area contributed by atoms with Crippen LogP contribution in [0.3, 0.4) is 0 Å². The van der Waals surface area contributed by atoms with Gasteiger partial charge >= 0.3 is 0 Å². The zero-order valence-corrected chi connectivity index (χ0v) is 39.3. The first-order chi connectivity index (χ1) is 34.8. The Kier molecular flexibility index (Phi) is 9.23. The van der Waals surface area contributed by atoms with Crippen molar-refractivity contribution in [3.05, 3.63) is 273 Å². The van der Waals surface area contributed by atoms with Gasteiger partial charge in [-0.1, -0.05) is 212 Å². The molecule has 0 saturated carbocycles. The van der Waals surface area contributed by atoms with Gasteiger partial charge in [0.25, 0.3) is 0 Å². The summed E-state index contributed by atoms with van der Waals surface area (Å²) in [5.74, 6) is 0. The molecule has 14 rings (SSSR count). The highest BCUT2D eigenvalue weighted by Gasteiger charge is 2.41. The summed E-state index contributed by atoms with van der Waals surface area (Å²) >= 11 is 0. The van der Waals surface area contributed by atoms with E-state index in [1.165, 1.54) is 97.3 Å². The number of nitrogens with zero attached hydrogens (tertiary/aromatic N) is 3. The number of aromatic nitrogens is 3. The van der Waals surface area contributed by atoms with Crippen LogP contribution in [0.1, 0.15) is 0 Å². The topological polar surface area (TPSA) is 14.8 Å². The molecule has 4 heteroatoms. The fourth-order valence-corrected chi connectivity index (χ4v) is 16.7. The second-order valence-electron chi connectivity index (χ2n) is 18.4. The average Bonchev–Trinajstić information content (AvgIpc) is 4.07. The van der Waals surface area contributed by atoms with Gasteiger partial charge in [0.1, 0.15) is 0 Å². The third-order valence-electron chi connectivity index (χ3n) is 14.8. The van der Waals surface area contributed by atoms with Gasteiger partial charge in [-0.25, -0.2) is 0 Å². The highest BCUT2D eigenvalue weighted by atomic mass is 28.3. The van der Waals surface area contributed by atoms with Crippen molar-refractivity contribution in [1.82, 2.24) is 13.7 Å². The van der Waals surface area contributed by atoms with Crippen LogP contribution in [0, 0.1) is 0 Å². The van der Waals surface area contributed by atoms with E-state index in [-0.39, 0.29) is 0 Å². The van der Waals surface area contributed by atoms with Crippen LogP contribution in [0.15, 0.2) is 273 Å². The normalized spacial score (nSPS) is 12.0. The predicted molar refractivity (Wildman–Crippen MR) is 299 cm³/mol. The molecular weight excluding hydrogens is 863 g/mol. The Morgan fingerprint density at radius 3 is 1.00 bits per heavy atom. The Morgan fingerprint density at radius 1 is 0.214 bits per heavy atom. The van der Waals surface area contributed by atoms with Gasteiger partial charge in [0.15, 0.2) is 8.07 Å². The fraction of sp³-hybridized carbons (Fsp3) is 0. The van der Waals surface area contributed by atoms with Crippen molar-refractivity contribution in [2.75, 3.05) is 0 Å². The van der Waals surface area contributed by atoms with Crippen LogP contribution in [0.25, 0.3) is 93.6 Å². The van der Waals surface area contributed by atoms with E-state index in [1.54, 1.807) is 0 Å². The number of para-hydroxylation sites is 6. The van der Waals surface area contributed by atoms with Crippen LogP contribution in [0.4, 0.5) is 0 Å². The molecule has 0 fully saturated rings. The SMILES string of the molecule is c1ccc([Si](c2ccccc2)(c2ccccc2)c2ccc3c(c2)c2ccccc2n3-c2ccccc2-c2ccccc2-n2c3ccccc3c3cc(-n4c5ccccc5c5ccccc54)ccc32)cc1. The van der Waals surface area contributed by atoms with E-state index in [9.17, 15) is 0 Å². The van der Waals surface area contributed by atoms with Crippen molar-refractivity contribution in [3.8, 4) is 28.2 Å². The molecule has 3 heterocycles. The van der Waals surface area contributed by atoms with Crippen LogP contribution >= 0.6 is 0 Å². The average molecular weight is 908 g/mol. The molecule has 3 nitrogen and oxygen atoms in total. The first-order valence-electron chi connectivity index (χ1n) is 24.2. The molecule has 0 atom stereocenters. The van der Waals surface area contributed by atoms with Gasteiger partial charge in [0.05, 0.1) is 44.5 Å². The summed E-state index contributed by atoms with van der Waals surface area (Å²) in [6, 6.07) is 101. The zero-order chi connectivity index (χ0) is 46.2. The van der Waals surface area contributed by atoms with E-state index >= 15 is 0 Å². The smallest absolute Gasteiger partial charge is 0.179 e. The number of fused-ring (bicyclic) bond motifs is 9. The summed E-state index contributed by atoms with van der Waals surface area (Å²) in [5, 5.41) is 12.9. The molecule has 11 aromatic carbocycles. The molecule has 0 aliphatic rings. The van der Waals surface area contributed by atoms with Crippen molar-refractivity contribution < 1.29 is 0 Å². The number of rotatable bonds is 8. The second-order valence-corrected chi connectivity index (χ2v) is 22.2. The van der Waals surface area contributed by atoms with Gasteiger partial charge in [-0.3, -0.25) is 0 Å². The standard InChI is InChI=1S/C66H45N3Si/c1-4-22-47(23-5-1)70(48-24-6-2-7-25-48,49-26-8-3-9-27-49)50-41-43-66-58(45-50)56-33-15-21-39-64(56)69(66)62-37-19-13-31-54(62)53-30-12-18-36-61(53)68-63-38-20-14-32-55(63)57-44-46(40-42-65(57)68)67-59-34-16-10-28-51(59)52-29-11-17-35-60(52)67/h1-45H. The lowest BCUT2D eigenvalue weighted by Crippen LogP contribution is -2.74. The van der Waals surface area contributed by atoms with Crippen molar-refractivity contribution >= 4 is 94.2 Å². The van der Waals surface area contributed by atoms with Gasteiger partial charge < -0.3 is 13.7 Å². The van der Waals surface area contributed by atoms with Crippen LogP contribution < -0.4 is 20.7 Å². The van der Waals surface area contributed by atoms with Crippen LogP contribution in [0.5, 0.6) is 0 Å². The van der Waals surface area contributed by atoms with Crippen LogP contribution in [0.2, 0.25) is 0 Å². The molecule has 3 aromatic heterocycles. The molecule has 0 aliphatic carbocycles. The Bertz CT molecular complexity index is 4150. The van der Waals surface area contributed by atoms with Gasteiger partial charge in [-0.2, -0.15) is 0 Å². The van der Waals surface area contributed by atoms with Gasteiger partial charge in [0, 0.05) is 49.1 Å². The molecule has 0 spiro atoms. The minimum absolute atomic E-state index is 1.14. The summed E-state index contributed by atoms with van der Waals surface area (Å²) in [7, 11) is -2.78. The second kappa shape index (κ2) is 16.1. The zero-order valence-electron chi connectivity index (χ0n) is 38.3. The minimum atomic E-state index is -2.78. The van der Waals surface area contributed by atoms with E-state index in [4.69, 9.17) is 0 Å². The molecule has 70 heavy (non-hydrogen) atoms. The first kappa shape index (κ1) is 40.1. The highest BCUT2D eigenvalue weighted by Crippen LogP contribution is 2.42. The molecular formula is C66H45N3Si. The maximum absolute atomic E-state index is 2.78. The summed E-state index contributed by atoms with van der Waals surface area (Å²) in [6.45, 7) is 0. The Hall–Kier alpha value is -8.96. The van der Waals surface area contributed by atoms with Crippen molar-refractivity contribution in [2.24, 2.45) is 0 Å². The minimum Gasteiger partial charge on any atom is -0.309 e. The lowest BCUT2D eigenvalue weighted by atomic mass is 10.0. The van der Waals surface area contributed by atoms with E-state index in [2.05, 4.69) is 287 Å². The molecule has 0 unspecified atom stereocenters. The molecule has 0 bridgehead atoms. The van der Waals surface area contributed by atoms with Crippen molar-refractivity contribution in [2.45, 2.75) is 0 Å². The van der Waals surface area contributed by atoms with Gasteiger partial charge in [0.2, 0.25) is 0 Å². The van der Waals surface area contributed by atoms with Gasteiger partial charge in [-0.05, 0) is 81.4 Å².